The van der Waals surface area contributed by atoms with Crippen molar-refractivity contribution in [3.63, 3.8) is 0 Å². The van der Waals surface area contributed by atoms with Gasteiger partial charge in [0.2, 0.25) is 0 Å². The molecule has 0 radical (unpaired) electrons. The van der Waals surface area contributed by atoms with Crippen LogP contribution in [-0.4, -0.2) is 5.78 Å². The molecule has 0 aromatic carbocycles. The van der Waals surface area contributed by atoms with Crippen LogP contribution in [0.15, 0.2) is 11.6 Å². The molecule has 5 unspecified atom stereocenters. The Morgan fingerprint density at radius 1 is 1.20 bits per heavy atom. The molecule has 3 rings (SSSR count). The number of fused-ring (bicyclic) bond motifs is 1. The number of rotatable bonds is 2. The van der Waals surface area contributed by atoms with Gasteiger partial charge in [0.15, 0.2) is 5.78 Å². The van der Waals surface area contributed by atoms with E-state index >= 15 is 0 Å². The quantitative estimate of drug-likeness (QED) is 0.680. The molecule has 0 N–H and O–H groups in total. The SMILES string of the molecule is CCC1C(C2CCCC2C)CCC2=CC(=O)CCC21C. The summed E-state index contributed by atoms with van der Waals surface area (Å²) in [5.74, 6) is 3.97. The number of hydrogen-bond donors (Lipinski definition) is 0. The highest BCUT2D eigenvalue weighted by Gasteiger charge is 2.49. The van der Waals surface area contributed by atoms with Crippen LogP contribution in [0.2, 0.25) is 0 Å². The fourth-order valence-electron chi connectivity index (χ4n) is 5.83. The number of allylic oxidation sites excluding steroid dienone is 2. The monoisotopic (exact) mass is 274 g/mol. The summed E-state index contributed by atoms with van der Waals surface area (Å²) in [6.45, 7) is 7.32. The Morgan fingerprint density at radius 3 is 2.65 bits per heavy atom. The predicted octanol–water partition coefficient (Wildman–Crippen LogP) is 5.15. The van der Waals surface area contributed by atoms with Crippen molar-refractivity contribution in [2.45, 2.75) is 72.1 Å². The lowest BCUT2D eigenvalue weighted by atomic mass is 9.53. The molecular weight excluding hydrogens is 244 g/mol. The molecule has 20 heavy (non-hydrogen) atoms. The summed E-state index contributed by atoms with van der Waals surface area (Å²) in [6, 6.07) is 0. The molecule has 0 aromatic rings. The molecule has 0 spiro atoms. The van der Waals surface area contributed by atoms with Gasteiger partial charge in [0.25, 0.3) is 0 Å². The van der Waals surface area contributed by atoms with Crippen molar-refractivity contribution >= 4 is 5.78 Å². The van der Waals surface area contributed by atoms with Crippen molar-refractivity contribution < 1.29 is 4.79 Å². The van der Waals surface area contributed by atoms with Crippen LogP contribution in [0.3, 0.4) is 0 Å². The lowest BCUT2D eigenvalue weighted by molar-refractivity contribution is -0.116. The zero-order chi connectivity index (χ0) is 14.3. The van der Waals surface area contributed by atoms with Crippen molar-refractivity contribution in [2.24, 2.45) is 29.1 Å². The molecule has 0 aliphatic heterocycles. The summed E-state index contributed by atoms with van der Waals surface area (Å²) in [6.07, 6.45) is 12.0. The van der Waals surface area contributed by atoms with E-state index in [0.717, 1.165) is 36.5 Å². The van der Waals surface area contributed by atoms with Crippen LogP contribution in [0.5, 0.6) is 0 Å². The number of carbonyl (C=O) groups is 1. The third kappa shape index (κ3) is 2.18. The summed E-state index contributed by atoms with van der Waals surface area (Å²) in [7, 11) is 0. The first-order valence-corrected chi connectivity index (χ1v) is 8.80. The molecule has 0 amide bonds. The fraction of sp³-hybridized carbons (Fsp3) is 0.842. The van der Waals surface area contributed by atoms with Crippen molar-refractivity contribution in [1.82, 2.24) is 0 Å². The van der Waals surface area contributed by atoms with Gasteiger partial charge in [0, 0.05) is 6.42 Å². The lowest BCUT2D eigenvalue weighted by Crippen LogP contribution is -2.43. The normalized spacial score (nSPS) is 45.1. The highest BCUT2D eigenvalue weighted by atomic mass is 16.1. The highest BCUT2D eigenvalue weighted by Crippen LogP contribution is 2.57. The van der Waals surface area contributed by atoms with Gasteiger partial charge >= 0.3 is 0 Å². The van der Waals surface area contributed by atoms with Crippen LogP contribution in [0.4, 0.5) is 0 Å². The average Bonchev–Trinajstić information content (AvgIpc) is 2.84. The minimum Gasteiger partial charge on any atom is -0.295 e. The first-order valence-electron chi connectivity index (χ1n) is 8.80. The Hall–Kier alpha value is -0.590. The van der Waals surface area contributed by atoms with Gasteiger partial charge in [0.05, 0.1) is 0 Å². The van der Waals surface area contributed by atoms with Crippen LogP contribution in [-0.2, 0) is 4.79 Å². The molecule has 0 bridgehead atoms. The van der Waals surface area contributed by atoms with E-state index in [-0.39, 0.29) is 0 Å². The molecule has 0 aromatic heterocycles. The maximum absolute atomic E-state index is 11.8. The van der Waals surface area contributed by atoms with Crippen LogP contribution < -0.4 is 0 Å². The van der Waals surface area contributed by atoms with Gasteiger partial charge in [-0.2, -0.15) is 0 Å². The number of hydrogen-bond acceptors (Lipinski definition) is 1. The van der Waals surface area contributed by atoms with Crippen LogP contribution >= 0.6 is 0 Å². The van der Waals surface area contributed by atoms with E-state index in [1.54, 1.807) is 0 Å². The molecule has 3 aliphatic carbocycles. The van der Waals surface area contributed by atoms with E-state index < -0.39 is 0 Å². The molecule has 5 atom stereocenters. The summed E-state index contributed by atoms with van der Waals surface area (Å²) < 4.78 is 0. The van der Waals surface area contributed by atoms with Crippen molar-refractivity contribution in [1.29, 1.82) is 0 Å². The topological polar surface area (TPSA) is 17.1 Å². The van der Waals surface area contributed by atoms with Crippen LogP contribution in [0, 0.1) is 29.1 Å². The summed E-state index contributed by atoms with van der Waals surface area (Å²) in [5.41, 5.74) is 1.82. The molecule has 3 aliphatic rings. The van der Waals surface area contributed by atoms with Gasteiger partial charge in [-0.3, -0.25) is 4.79 Å². The summed E-state index contributed by atoms with van der Waals surface area (Å²) >= 11 is 0. The maximum Gasteiger partial charge on any atom is 0.155 e. The molecule has 2 saturated carbocycles. The predicted molar refractivity (Wildman–Crippen MR) is 83.4 cm³/mol. The van der Waals surface area contributed by atoms with E-state index in [0.29, 0.717) is 11.2 Å². The first kappa shape index (κ1) is 14.4. The average molecular weight is 274 g/mol. The Labute approximate surface area is 124 Å². The number of carbonyl (C=O) groups excluding carboxylic acids is 1. The molecule has 1 heteroatoms. The molecular formula is C19H30O. The van der Waals surface area contributed by atoms with E-state index in [2.05, 4.69) is 20.8 Å². The van der Waals surface area contributed by atoms with Crippen molar-refractivity contribution in [3.8, 4) is 0 Å². The van der Waals surface area contributed by atoms with E-state index in [4.69, 9.17) is 0 Å². The van der Waals surface area contributed by atoms with Gasteiger partial charge < -0.3 is 0 Å². The Balaban J connectivity index is 1.89. The third-order valence-electron chi connectivity index (χ3n) is 6.96. The lowest BCUT2D eigenvalue weighted by Gasteiger charge is -2.52. The first-order chi connectivity index (χ1) is 9.56. The minimum atomic E-state index is 0.327. The van der Waals surface area contributed by atoms with Gasteiger partial charge in [-0.1, -0.05) is 45.6 Å². The van der Waals surface area contributed by atoms with Gasteiger partial charge in [-0.05, 0) is 60.8 Å². The van der Waals surface area contributed by atoms with Crippen LogP contribution in [0.25, 0.3) is 0 Å². The van der Waals surface area contributed by atoms with Gasteiger partial charge in [0.1, 0.15) is 0 Å². The molecule has 112 valence electrons. The second kappa shape index (κ2) is 5.31. The number of ketones is 1. The Bertz CT molecular complexity index is 421. The van der Waals surface area contributed by atoms with Crippen molar-refractivity contribution in [3.05, 3.63) is 11.6 Å². The standard InChI is InChI=1S/C19H30O/c1-4-18-17(16-7-5-6-13(16)2)9-8-14-12-15(20)10-11-19(14,18)3/h12-13,16-18H,4-11H2,1-3H3. The minimum absolute atomic E-state index is 0.327. The van der Waals surface area contributed by atoms with E-state index in [1.807, 2.05) is 6.08 Å². The molecule has 0 saturated heterocycles. The van der Waals surface area contributed by atoms with Crippen LogP contribution in [0.1, 0.15) is 72.1 Å². The highest BCUT2D eigenvalue weighted by molar-refractivity contribution is 5.91. The fourth-order valence-corrected chi connectivity index (χ4v) is 5.83. The largest absolute Gasteiger partial charge is 0.295 e. The Kier molecular flexibility index (Phi) is 3.81. The smallest absolute Gasteiger partial charge is 0.155 e. The molecule has 2 fully saturated rings. The van der Waals surface area contributed by atoms with Gasteiger partial charge in [-0.15, -0.1) is 0 Å². The van der Waals surface area contributed by atoms with E-state index in [1.165, 1.54) is 44.1 Å². The van der Waals surface area contributed by atoms with E-state index in [9.17, 15) is 4.79 Å². The van der Waals surface area contributed by atoms with Gasteiger partial charge in [-0.25, -0.2) is 0 Å². The second-order valence-electron chi connectivity index (χ2n) is 7.84. The molecule has 1 nitrogen and oxygen atoms in total. The molecule has 0 heterocycles. The summed E-state index contributed by atoms with van der Waals surface area (Å²) in [4.78, 5) is 11.8. The second-order valence-corrected chi connectivity index (χ2v) is 7.84. The Morgan fingerprint density at radius 2 is 2.00 bits per heavy atom. The third-order valence-corrected chi connectivity index (χ3v) is 6.96. The zero-order valence-corrected chi connectivity index (χ0v) is 13.5. The zero-order valence-electron chi connectivity index (χ0n) is 13.5. The maximum atomic E-state index is 11.8. The van der Waals surface area contributed by atoms with Crippen molar-refractivity contribution in [2.75, 3.05) is 0 Å². The summed E-state index contributed by atoms with van der Waals surface area (Å²) in [5, 5.41) is 0.